The summed E-state index contributed by atoms with van der Waals surface area (Å²) in [5, 5.41) is 6.26. The Morgan fingerprint density at radius 2 is 2.00 bits per heavy atom. The number of ether oxygens (including phenoxy) is 1. The first-order valence-electron chi connectivity index (χ1n) is 7.57. The van der Waals surface area contributed by atoms with Gasteiger partial charge in [0.15, 0.2) is 0 Å². The van der Waals surface area contributed by atoms with E-state index in [9.17, 15) is 4.79 Å². The molecule has 1 amide bonds. The second kappa shape index (κ2) is 9.18. The zero-order chi connectivity index (χ0) is 14.9. The third kappa shape index (κ3) is 6.59. The molecule has 2 rings (SSSR count). The highest BCUT2D eigenvalue weighted by atomic mass is 79.9. The molecule has 4 nitrogen and oxygen atoms in total. The summed E-state index contributed by atoms with van der Waals surface area (Å²) in [6.07, 6.45) is 3.88. The van der Waals surface area contributed by atoms with E-state index in [-0.39, 0.29) is 5.91 Å². The molecule has 1 fully saturated rings. The molecule has 1 saturated heterocycles. The minimum Gasteiger partial charge on any atom is -0.378 e. The lowest BCUT2D eigenvalue weighted by Gasteiger charge is -2.22. The molecule has 0 bridgehead atoms. The Hall–Kier alpha value is -0.910. The lowest BCUT2D eigenvalue weighted by atomic mass is 10.1. The minimum absolute atomic E-state index is 0.0687. The smallest absolute Gasteiger partial charge is 0.224 e. The molecule has 0 radical (unpaired) electrons. The van der Waals surface area contributed by atoms with Gasteiger partial charge in [0, 0.05) is 17.6 Å². The number of halogens is 1. The first kappa shape index (κ1) is 16.5. The van der Waals surface area contributed by atoms with Crippen molar-refractivity contribution < 1.29 is 9.53 Å². The summed E-state index contributed by atoms with van der Waals surface area (Å²) in [7, 11) is 0. The van der Waals surface area contributed by atoms with Crippen molar-refractivity contribution in [3.05, 3.63) is 34.3 Å². The summed E-state index contributed by atoms with van der Waals surface area (Å²) in [6, 6.07) is 7.83. The summed E-state index contributed by atoms with van der Waals surface area (Å²) in [5.41, 5.74) is 1.03. The van der Waals surface area contributed by atoms with Crippen molar-refractivity contribution in [2.45, 2.75) is 31.8 Å². The molecule has 0 spiro atoms. The molecular formula is C16H23BrN2O2. The van der Waals surface area contributed by atoms with Gasteiger partial charge in [0.2, 0.25) is 5.91 Å². The molecular weight excluding hydrogens is 332 g/mol. The molecule has 5 heteroatoms. The monoisotopic (exact) mass is 354 g/mol. The largest absolute Gasteiger partial charge is 0.378 e. The van der Waals surface area contributed by atoms with Crippen LogP contribution in [0.3, 0.4) is 0 Å². The van der Waals surface area contributed by atoms with Crippen LogP contribution in [0, 0.1) is 0 Å². The molecule has 0 atom stereocenters. The fourth-order valence-corrected chi connectivity index (χ4v) is 2.63. The molecule has 1 aromatic rings. The van der Waals surface area contributed by atoms with Crippen molar-refractivity contribution in [2.24, 2.45) is 0 Å². The molecule has 0 aromatic heterocycles. The third-order valence-electron chi connectivity index (χ3n) is 3.56. The van der Waals surface area contributed by atoms with E-state index in [2.05, 4.69) is 26.6 Å². The molecule has 2 N–H and O–H groups in total. The van der Waals surface area contributed by atoms with Gasteiger partial charge < -0.3 is 15.4 Å². The summed E-state index contributed by atoms with van der Waals surface area (Å²) < 4.78 is 6.83. The number of carbonyl (C=O) groups is 1. The molecule has 1 heterocycles. The number of amides is 1. The Morgan fingerprint density at radius 3 is 2.71 bits per heavy atom. The van der Waals surface area contributed by atoms with E-state index >= 15 is 0 Å². The van der Waals surface area contributed by atoms with Gasteiger partial charge in [-0.3, -0.25) is 4.79 Å². The SMILES string of the molecule is O=C(Cc1ccc(Br)cc1)NCCCOC1CCNCC1. The topological polar surface area (TPSA) is 50.4 Å². The predicted octanol–water partition coefficient (Wildman–Crippen LogP) is 2.27. The van der Waals surface area contributed by atoms with Gasteiger partial charge in [0.1, 0.15) is 0 Å². The maximum absolute atomic E-state index is 11.8. The average molecular weight is 355 g/mol. The zero-order valence-corrected chi connectivity index (χ0v) is 13.8. The lowest BCUT2D eigenvalue weighted by molar-refractivity contribution is -0.120. The first-order valence-corrected chi connectivity index (χ1v) is 8.37. The average Bonchev–Trinajstić information content (AvgIpc) is 2.50. The highest BCUT2D eigenvalue weighted by Gasteiger charge is 2.12. The van der Waals surface area contributed by atoms with Crippen LogP contribution in [0.2, 0.25) is 0 Å². The van der Waals surface area contributed by atoms with E-state index in [0.29, 0.717) is 19.1 Å². The number of nitrogens with one attached hydrogen (secondary N) is 2. The maximum atomic E-state index is 11.8. The van der Waals surface area contributed by atoms with Gasteiger partial charge >= 0.3 is 0 Å². The maximum Gasteiger partial charge on any atom is 0.224 e. The fourth-order valence-electron chi connectivity index (χ4n) is 2.36. The zero-order valence-electron chi connectivity index (χ0n) is 12.2. The number of carbonyl (C=O) groups excluding carboxylic acids is 1. The highest BCUT2D eigenvalue weighted by Crippen LogP contribution is 2.11. The van der Waals surface area contributed by atoms with E-state index in [1.54, 1.807) is 0 Å². The Balaban J connectivity index is 1.53. The van der Waals surface area contributed by atoms with Gasteiger partial charge in [-0.15, -0.1) is 0 Å². The second-order valence-electron chi connectivity index (χ2n) is 5.33. The van der Waals surface area contributed by atoms with Crippen molar-refractivity contribution in [3.8, 4) is 0 Å². The number of hydrogen-bond donors (Lipinski definition) is 2. The Kier molecular flexibility index (Phi) is 7.19. The van der Waals surface area contributed by atoms with Gasteiger partial charge in [-0.2, -0.15) is 0 Å². The molecule has 21 heavy (non-hydrogen) atoms. The van der Waals surface area contributed by atoms with Gasteiger partial charge in [-0.05, 0) is 50.0 Å². The van der Waals surface area contributed by atoms with Crippen molar-refractivity contribution in [1.82, 2.24) is 10.6 Å². The number of rotatable bonds is 7. The van der Waals surface area contributed by atoms with Crippen LogP contribution >= 0.6 is 15.9 Å². The summed E-state index contributed by atoms with van der Waals surface area (Å²) in [5.74, 6) is 0.0687. The first-order chi connectivity index (χ1) is 10.2. The van der Waals surface area contributed by atoms with Crippen LogP contribution in [0.1, 0.15) is 24.8 Å². The van der Waals surface area contributed by atoms with Crippen LogP contribution in [-0.2, 0) is 16.0 Å². The van der Waals surface area contributed by atoms with E-state index in [0.717, 1.165) is 49.0 Å². The number of benzene rings is 1. The van der Waals surface area contributed by atoms with Gasteiger partial charge in [0.05, 0.1) is 12.5 Å². The quantitative estimate of drug-likeness (QED) is 0.738. The molecule has 0 unspecified atom stereocenters. The summed E-state index contributed by atoms with van der Waals surface area (Å²) in [4.78, 5) is 11.8. The van der Waals surface area contributed by atoms with Gasteiger partial charge in [0.25, 0.3) is 0 Å². The third-order valence-corrected chi connectivity index (χ3v) is 4.09. The van der Waals surface area contributed by atoms with Crippen molar-refractivity contribution in [1.29, 1.82) is 0 Å². The van der Waals surface area contributed by atoms with E-state index in [1.165, 1.54) is 0 Å². The van der Waals surface area contributed by atoms with Crippen LogP contribution in [0.4, 0.5) is 0 Å². The normalized spacial score (nSPS) is 15.9. The van der Waals surface area contributed by atoms with E-state index < -0.39 is 0 Å². The lowest BCUT2D eigenvalue weighted by Crippen LogP contribution is -2.33. The highest BCUT2D eigenvalue weighted by molar-refractivity contribution is 9.10. The van der Waals surface area contributed by atoms with E-state index in [1.807, 2.05) is 24.3 Å². The van der Waals surface area contributed by atoms with Crippen LogP contribution < -0.4 is 10.6 Å². The van der Waals surface area contributed by atoms with Crippen molar-refractivity contribution >= 4 is 21.8 Å². The molecule has 1 aliphatic heterocycles. The number of hydrogen-bond acceptors (Lipinski definition) is 3. The standard InChI is InChI=1S/C16H23BrN2O2/c17-14-4-2-13(3-5-14)12-16(20)19-8-1-11-21-15-6-9-18-10-7-15/h2-5,15,18H,1,6-12H2,(H,19,20). The summed E-state index contributed by atoms with van der Waals surface area (Å²) in [6.45, 7) is 3.51. The van der Waals surface area contributed by atoms with Crippen LogP contribution in [-0.4, -0.2) is 38.3 Å². The molecule has 1 aliphatic rings. The Morgan fingerprint density at radius 1 is 1.29 bits per heavy atom. The molecule has 1 aromatic carbocycles. The van der Waals surface area contributed by atoms with Crippen LogP contribution in [0.25, 0.3) is 0 Å². The van der Waals surface area contributed by atoms with Crippen LogP contribution in [0.15, 0.2) is 28.7 Å². The minimum atomic E-state index is 0.0687. The summed E-state index contributed by atoms with van der Waals surface area (Å²) >= 11 is 3.39. The molecule has 0 aliphatic carbocycles. The number of piperidine rings is 1. The fraction of sp³-hybridized carbons (Fsp3) is 0.562. The second-order valence-corrected chi connectivity index (χ2v) is 6.24. The van der Waals surface area contributed by atoms with Crippen LogP contribution in [0.5, 0.6) is 0 Å². The molecule has 0 saturated carbocycles. The Bertz CT molecular complexity index is 430. The molecule has 116 valence electrons. The van der Waals surface area contributed by atoms with Gasteiger partial charge in [-0.1, -0.05) is 28.1 Å². The van der Waals surface area contributed by atoms with E-state index in [4.69, 9.17) is 4.74 Å². The van der Waals surface area contributed by atoms with Crippen molar-refractivity contribution in [2.75, 3.05) is 26.2 Å². The van der Waals surface area contributed by atoms with Crippen molar-refractivity contribution in [3.63, 3.8) is 0 Å². The predicted molar refractivity (Wildman–Crippen MR) is 87.3 cm³/mol. The Labute approximate surface area is 134 Å². The van der Waals surface area contributed by atoms with Gasteiger partial charge in [-0.25, -0.2) is 0 Å².